The Hall–Kier alpha value is -0.940. The Kier molecular flexibility index (Phi) is 3.82. The lowest BCUT2D eigenvalue weighted by Crippen LogP contribution is -2.42. The minimum atomic E-state index is -2.77. The van der Waals surface area contributed by atoms with Gasteiger partial charge >= 0.3 is 0 Å². The summed E-state index contributed by atoms with van der Waals surface area (Å²) in [6.07, 6.45) is 2.92. The minimum absolute atomic E-state index is 0.190. The van der Waals surface area contributed by atoms with Crippen molar-refractivity contribution >= 4 is 9.84 Å². The van der Waals surface area contributed by atoms with Crippen LogP contribution in [0.4, 0.5) is 4.39 Å². The highest BCUT2D eigenvalue weighted by Gasteiger charge is 2.32. The SMILES string of the molecule is O=S1(=O)CCC(CNC2CC(c3ccc(F)cc3)C2)C1. The molecule has 20 heavy (non-hydrogen) atoms. The van der Waals surface area contributed by atoms with Crippen LogP contribution in [0, 0.1) is 11.7 Å². The highest BCUT2D eigenvalue weighted by molar-refractivity contribution is 7.91. The molecule has 1 aliphatic heterocycles. The molecule has 1 aliphatic carbocycles. The maximum Gasteiger partial charge on any atom is 0.150 e. The molecule has 110 valence electrons. The average molecular weight is 297 g/mol. The number of nitrogens with one attached hydrogen (secondary N) is 1. The van der Waals surface area contributed by atoms with Crippen LogP contribution >= 0.6 is 0 Å². The first-order chi connectivity index (χ1) is 9.52. The van der Waals surface area contributed by atoms with Crippen molar-refractivity contribution in [1.29, 1.82) is 0 Å². The third-order valence-corrected chi connectivity index (χ3v) is 6.34. The van der Waals surface area contributed by atoms with Gasteiger partial charge in [0.25, 0.3) is 0 Å². The fourth-order valence-electron chi connectivity index (χ4n) is 3.16. The molecule has 1 aromatic rings. The first kappa shape index (κ1) is 14.0. The highest BCUT2D eigenvalue weighted by atomic mass is 32.2. The van der Waals surface area contributed by atoms with Gasteiger partial charge in [0.1, 0.15) is 5.82 Å². The van der Waals surface area contributed by atoms with Crippen molar-refractivity contribution in [2.45, 2.75) is 31.2 Å². The lowest BCUT2D eigenvalue weighted by Gasteiger charge is -2.37. The van der Waals surface area contributed by atoms with Crippen molar-refractivity contribution < 1.29 is 12.8 Å². The van der Waals surface area contributed by atoms with Crippen molar-refractivity contribution in [2.24, 2.45) is 5.92 Å². The zero-order valence-corrected chi connectivity index (χ0v) is 12.2. The van der Waals surface area contributed by atoms with Crippen molar-refractivity contribution in [3.8, 4) is 0 Å². The molecule has 1 heterocycles. The van der Waals surface area contributed by atoms with Gasteiger partial charge in [0.05, 0.1) is 11.5 Å². The summed E-state index contributed by atoms with van der Waals surface area (Å²) in [6, 6.07) is 7.23. The van der Waals surface area contributed by atoms with Crippen LogP contribution in [0.15, 0.2) is 24.3 Å². The number of halogens is 1. The van der Waals surface area contributed by atoms with E-state index in [1.165, 1.54) is 17.7 Å². The van der Waals surface area contributed by atoms with E-state index < -0.39 is 9.84 Å². The normalized spacial score (nSPS) is 31.9. The molecule has 0 spiro atoms. The maximum absolute atomic E-state index is 12.8. The topological polar surface area (TPSA) is 46.2 Å². The molecule has 2 fully saturated rings. The molecule has 1 saturated heterocycles. The second-order valence-corrected chi connectivity index (χ2v) is 8.32. The first-order valence-corrected chi connectivity index (χ1v) is 9.03. The lowest BCUT2D eigenvalue weighted by atomic mass is 9.76. The molecule has 1 atom stereocenters. The predicted octanol–water partition coefficient (Wildman–Crippen LogP) is 2.10. The van der Waals surface area contributed by atoms with E-state index in [1.54, 1.807) is 0 Å². The van der Waals surface area contributed by atoms with E-state index >= 15 is 0 Å². The van der Waals surface area contributed by atoms with E-state index in [0.717, 1.165) is 25.8 Å². The summed E-state index contributed by atoms with van der Waals surface area (Å²) in [6.45, 7) is 0.806. The average Bonchev–Trinajstić information content (AvgIpc) is 2.69. The summed E-state index contributed by atoms with van der Waals surface area (Å²) in [5, 5.41) is 3.47. The van der Waals surface area contributed by atoms with E-state index in [2.05, 4.69) is 5.32 Å². The van der Waals surface area contributed by atoms with Gasteiger partial charge in [-0.05, 0) is 55.3 Å². The Labute approximate surface area is 119 Å². The molecular weight excluding hydrogens is 277 g/mol. The van der Waals surface area contributed by atoms with Crippen molar-refractivity contribution in [3.05, 3.63) is 35.6 Å². The molecule has 1 saturated carbocycles. The molecule has 1 unspecified atom stereocenters. The third-order valence-electron chi connectivity index (χ3n) is 4.50. The zero-order valence-electron chi connectivity index (χ0n) is 11.4. The Bertz CT molecular complexity index is 564. The van der Waals surface area contributed by atoms with Crippen molar-refractivity contribution in [2.75, 3.05) is 18.1 Å². The van der Waals surface area contributed by atoms with Gasteiger partial charge in [-0.15, -0.1) is 0 Å². The fraction of sp³-hybridized carbons (Fsp3) is 0.600. The van der Waals surface area contributed by atoms with Gasteiger partial charge in [0.2, 0.25) is 0 Å². The largest absolute Gasteiger partial charge is 0.314 e. The third kappa shape index (κ3) is 3.20. The fourth-order valence-corrected chi connectivity index (χ4v) is 5.02. The van der Waals surface area contributed by atoms with E-state index in [9.17, 15) is 12.8 Å². The number of rotatable bonds is 4. The summed E-state index contributed by atoms with van der Waals surface area (Å²) in [4.78, 5) is 0. The van der Waals surface area contributed by atoms with Crippen LogP contribution in [0.25, 0.3) is 0 Å². The Morgan fingerprint density at radius 2 is 1.90 bits per heavy atom. The van der Waals surface area contributed by atoms with Crippen LogP contribution in [0.5, 0.6) is 0 Å². The second-order valence-electron chi connectivity index (χ2n) is 6.09. The maximum atomic E-state index is 12.8. The number of hydrogen-bond donors (Lipinski definition) is 1. The van der Waals surface area contributed by atoms with Crippen LogP contribution in [0.2, 0.25) is 0 Å². The van der Waals surface area contributed by atoms with Crippen molar-refractivity contribution in [3.63, 3.8) is 0 Å². The van der Waals surface area contributed by atoms with E-state index in [-0.39, 0.29) is 11.7 Å². The molecule has 0 bridgehead atoms. The first-order valence-electron chi connectivity index (χ1n) is 7.21. The molecule has 1 aromatic carbocycles. The monoisotopic (exact) mass is 297 g/mol. The van der Waals surface area contributed by atoms with Crippen LogP contribution in [-0.4, -0.2) is 32.5 Å². The van der Waals surface area contributed by atoms with Crippen LogP contribution < -0.4 is 5.32 Å². The molecule has 0 radical (unpaired) electrons. The summed E-state index contributed by atoms with van der Waals surface area (Å²) < 4.78 is 35.6. The van der Waals surface area contributed by atoms with Crippen molar-refractivity contribution in [1.82, 2.24) is 5.32 Å². The molecular formula is C15H20FNO2S. The molecule has 5 heteroatoms. The lowest BCUT2D eigenvalue weighted by molar-refractivity contribution is 0.279. The molecule has 2 aliphatic rings. The van der Waals surface area contributed by atoms with Gasteiger partial charge in [0.15, 0.2) is 9.84 Å². The van der Waals surface area contributed by atoms with E-state index in [0.29, 0.717) is 23.5 Å². The molecule has 3 rings (SSSR count). The Morgan fingerprint density at radius 1 is 1.20 bits per heavy atom. The van der Waals surface area contributed by atoms with Gasteiger partial charge in [-0.25, -0.2) is 12.8 Å². The predicted molar refractivity (Wildman–Crippen MR) is 76.9 cm³/mol. The summed E-state index contributed by atoms with van der Waals surface area (Å²) in [7, 11) is -2.77. The highest BCUT2D eigenvalue weighted by Crippen LogP contribution is 2.37. The van der Waals surface area contributed by atoms with Gasteiger partial charge in [-0.1, -0.05) is 12.1 Å². The smallest absolute Gasteiger partial charge is 0.150 e. The van der Waals surface area contributed by atoms with E-state index in [4.69, 9.17) is 0 Å². The Balaban J connectivity index is 1.41. The molecule has 0 aromatic heterocycles. The minimum Gasteiger partial charge on any atom is -0.314 e. The summed E-state index contributed by atoms with van der Waals surface area (Å²) in [5.74, 6) is 1.30. The molecule has 0 amide bonds. The van der Waals surface area contributed by atoms with Crippen LogP contribution in [-0.2, 0) is 9.84 Å². The quantitative estimate of drug-likeness (QED) is 0.925. The standard InChI is InChI=1S/C15H20FNO2S/c16-14-3-1-12(2-4-14)13-7-15(8-13)17-9-11-5-6-20(18,19)10-11/h1-4,11,13,15,17H,5-10H2. The summed E-state index contributed by atoms with van der Waals surface area (Å²) in [5.41, 5.74) is 1.20. The van der Waals surface area contributed by atoms with Gasteiger partial charge in [-0.2, -0.15) is 0 Å². The van der Waals surface area contributed by atoms with Crippen LogP contribution in [0.3, 0.4) is 0 Å². The second kappa shape index (κ2) is 5.45. The number of sulfone groups is 1. The summed E-state index contributed by atoms with van der Waals surface area (Å²) >= 11 is 0. The number of benzene rings is 1. The Morgan fingerprint density at radius 3 is 2.50 bits per heavy atom. The van der Waals surface area contributed by atoms with E-state index in [1.807, 2.05) is 12.1 Å². The zero-order chi connectivity index (χ0) is 14.2. The molecule has 3 nitrogen and oxygen atoms in total. The van der Waals surface area contributed by atoms with Gasteiger partial charge in [-0.3, -0.25) is 0 Å². The van der Waals surface area contributed by atoms with Crippen LogP contribution in [0.1, 0.15) is 30.7 Å². The number of hydrogen-bond acceptors (Lipinski definition) is 3. The van der Waals surface area contributed by atoms with Gasteiger partial charge < -0.3 is 5.32 Å². The van der Waals surface area contributed by atoms with Gasteiger partial charge in [0, 0.05) is 6.04 Å². The molecule has 1 N–H and O–H groups in total.